The number of nitrogens with one attached hydrogen (secondary N) is 1. The van der Waals surface area contributed by atoms with Crippen molar-refractivity contribution in [3.63, 3.8) is 0 Å². The number of carbonyl (C=O) groups excluding carboxylic acids is 1. The summed E-state index contributed by atoms with van der Waals surface area (Å²) in [6.07, 6.45) is 3.09. The van der Waals surface area contributed by atoms with Crippen LogP contribution in [0.1, 0.15) is 11.1 Å². The number of benzene rings is 3. The van der Waals surface area contributed by atoms with Crippen molar-refractivity contribution in [1.29, 1.82) is 0 Å². The van der Waals surface area contributed by atoms with Crippen LogP contribution in [0.4, 0.5) is 5.69 Å². The molecule has 0 saturated carbocycles. The van der Waals surface area contributed by atoms with Crippen molar-refractivity contribution in [2.45, 2.75) is 11.8 Å². The summed E-state index contributed by atoms with van der Waals surface area (Å²) in [5, 5.41) is 3.96. The van der Waals surface area contributed by atoms with E-state index in [1.807, 2.05) is 6.92 Å². The predicted octanol–water partition coefficient (Wildman–Crippen LogP) is 3.91. The number of sulfonamides is 1. The highest BCUT2D eigenvalue weighted by molar-refractivity contribution is 7.92. The molecular formula is C26H27N3O5S. The van der Waals surface area contributed by atoms with Crippen LogP contribution in [-0.2, 0) is 14.8 Å². The molecule has 0 saturated heterocycles. The molecule has 0 unspecified atom stereocenters. The van der Waals surface area contributed by atoms with Crippen LogP contribution in [0.3, 0.4) is 0 Å². The zero-order valence-electron chi connectivity index (χ0n) is 19.5. The van der Waals surface area contributed by atoms with E-state index in [4.69, 9.17) is 9.47 Å². The molecule has 3 aromatic carbocycles. The van der Waals surface area contributed by atoms with Crippen LogP contribution in [0.15, 0.2) is 95.4 Å². The molecule has 3 aromatic rings. The lowest BCUT2D eigenvalue weighted by Crippen LogP contribution is -2.39. The first kappa shape index (κ1) is 25.5. The van der Waals surface area contributed by atoms with Crippen molar-refractivity contribution in [1.82, 2.24) is 5.43 Å². The van der Waals surface area contributed by atoms with Crippen molar-refractivity contribution in [3.05, 3.63) is 96.6 Å². The molecule has 0 aliphatic rings. The molecule has 0 fully saturated rings. The zero-order valence-corrected chi connectivity index (χ0v) is 20.4. The van der Waals surface area contributed by atoms with E-state index >= 15 is 0 Å². The van der Waals surface area contributed by atoms with E-state index in [0.29, 0.717) is 29.4 Å². The average molecular weight is 494 g/mol. The lowest BCUT2D eigenvalue weighted by atomic mass is 10.2. The highest BCUT2D eigenvalue weighted by atomic mass is 32.2. The van der Waals surface area contributed by atoms with E-state index in [1.54, 1.807) is 66.7 Å². The number of rotatable bonds is 11. The predicted molar refractivity (Wildman–Crippen MR) is 137 cm³/mol. The van der Waals surface area contributed by atoms with E-state index in [-0.39, 0.29) is 4.90 Å². The van der Waals surface area contributed by atoms with Gasteiger partial charge in [0.2, 0.25) is 0 Å². The van der Waals surface area contributed by atoms with Crippen molar-refractivity contribution in [2.75, 3.05) is 24.6 Å². The molecule has 0 aliphatic carbocycles. The molecular weight excluding hydrogens is 466 g/mol. The van der Waals surface area contributed by atoms with Gasteiger partial charge in [-0.1, -0.05) is 42.5 Å². The summed E-state index contributed by atoms with van der Waals surface area (Å²) in [5.41, 5.74) is 4.42. The Kier molecular flexibility index (Phi) is 8.63. The minimum atomic E-state index is -4.04. The van der Waals surface area contributed by atoms with Crippen LogP contribution in [0.2, 0.25) is 0 Å². The molecule has 0 spiro atoms. The number of anilines is 1. The lowest BCUT2D eigenvalue weighted by Gasteiger charge is -2.24. The standard InChI is InChI=1S/C26H27N3O5S/c1-4-16-34-24-7-5-6-21(17-24)18-27-28-26(30)19-29(22-10-8-20(2)9-11-22)35(31,32)25-14-12-23(33-3)13-15-25/h4-15,17-18H,1,16,19H2,2-3H3,(H,28,30). The number of amides is 1. The minimum absolute atomic E-state index is 0.0338. The zero-order chi connectivity index (χ0) is 25.3. The Labute approximate surface area is 205 Å². The maximum Gasteiger partial charge on any atom is 0.264 e. The van der Waals surface area contributed by atoms with Gasteiger partial charge < -0.3 is 9.47 Å². The minimum Gasteiger partial charge on any atom is -0.497 e. The molecule has 0 heterocycles. The van der Waals surface area contributed by atoms with Crippen molar-refractivity contribution >= 4 is 27.8 Å². The number of hydrazone groups is 1. The fourth-order valence-corrected chi connectivity index (χ4v) is 4.51. The Balaban J connectivity index is 1.78. The molecule has 0 aliphatic heterocycles. The van der Waals surface area contributed by atoms with Gasteiger partial charge in [0.25, 0.3) is 15.9 Å². The molecule has 0 radical (unpaired) electrons. The third-order valence-electron chi connectivity index (χ3n) is 4.89. The average Bonchev–Trinajstić information content (AvgIpc) is 2.87. The van der Waals surface area contributed by atoms with E-state index in [9.17, 15) is 13.2 Å². The maximum atomic E-state index is 13.4. The van der Waals surface area contributed by atoms with E-state index in [2.05, 4.69) is 17.1 Å². The largest absolute Gasteiger partial charge is 0.497 e. The number of carbonyl (C=O) groups is 1. The van der Waals surface area contributed by atoms with Gasteiger partial charge in [0.15, 0.2) is 0 Å². The molecule has 35 heavy (non-hydrogen) atoms. The van der Waals surface area contributed by atoms with Gasteiger partial charge in [-0.25, -0.2) is 13.8 Å². The quantitative estimate of drug-likeness (QED) is 0.248. The normalized spacial score (nSPS) is 11.1. The van der Waals surface area contributed by atoms with Gasteiger partial charge in [0.05, 0.1) is 23.9 Å². The summed E-state index contributed by atoms with van der Waals surface area (Å²) in [6, 6.07) is 20.0. The Morgan fingerprint density at radius 1 is 1.06 bits per heavy atom. The smallest absolute Gasteiger partial charge is 0.264 e. The van der Waals surface area contributed by atoms with Crippen LogP contribution in [0, 0.1) is 6.92 Å². The highest BCUT2D eigenvalue weighted by Crippen LogP contribution is 2.25. The molecule has 9 heteroatoms. The first-order chi connectivity index (χ1) is 16.8. The second kappa shape index (κ2) is 11.8. The second-order valence-electron chi connectivity index (χ2n) is 7.49. The van der Waals surface area contributed by atoms with Gasteiger partial charge in [-0.2, -0.15) is 5.10 Å². The third kappa shape index (κ3) is 6.94. The molecule has 3 rings (SSSR count). The van der Waals surface area contributed by atoms with Crippen LogP contribution in [-0.4, -0.2) is 40.8 Å². The molecule has 1 N–H and O–H groups in total. The molecule has 1 amide bonds. The van der Waals surface area contributed by atoms with Gasteiger partial charge in [-0.15, -0.1) is 0 Å². The van der Waals surface area contributed by atoms with Crippen LogP contribution < -0.4 is 19.2 Å². The number of aryl methyl sites for hydroxylation is 1. The van der Waals surface area contributed by atoms with Crippen LogP contribution in [0.5, 0.6) is 11.5 Å². The number of hydrogen-bond acceptors (Lipinski definition) is 6. The number of methoxy groups -OCH3 is 1. The number of hydrogen-bond donors (Lipinski definition) is 1. The molecule has 8 nitrogen and oxygen atoms in total. The fourth-order valence-electron chi connectivity index (χ4n) is 3.09. The molecule has 0 atom stereocenters. The van der Waals surface area contributed by atoms with E-state index in [1.165, 1.54) is 25.5 Å². The second-order valence-corrected chi connectivity index (χ2v) is 9.35. The van der Waals surface area contributed by atoms with E-state index < -0.39 is 22.5 Å². The SMILES string of the molecule is C=CCOc1cccc(C=NNC(=O)CN(c2ccc(C)cc2)S(=O)(=O)c2ccc(OC)cc2)c1. The maximum absolute atomic E-state index is 13.4. The number of ether oxygens (including phenoxy) is 2. The summed E-state index contributed by atoms with van der Waals surface area (Å²) < 4.78 is 38.5. The van der Waals surface area contributed by atoms with E-state index in [0.717, 1.165) is 9.87 Å². The summed E-state index contributed by atoms with van der Waals surface area (Å²) >= 11 is 0. The molecule has 0 bridgehead atoms. The van der Waals surface area contributed by atoms with Crippen molar-refractivity contribution in [3.8, 4) is 11.5 Å². The molecule has 182 valence electrons. The van der Waals surface area contributed by atoms with Gasteiger partial charge in [0.1, 0.15) is 24.7 Å². The van der Waals surface area contributed by atoms with Crippen molar-refractivity contribution in [2.24, 2.45) is 5.10 Å². The van der Waals surface area contributed by atoms with Crippen molar-refractivity contribution < 1.29 is 22.7 Å². The van der Waals surface area contributed by atoms with Crippen LogP contribution in [0.25, 0.3) is 0 Å². The first-order valence-electron chi connectivity index (χ1n) is 10.7. The Morgan fingerprint density at radius 2 is 1.77 bits per heavy atom. The topological polar surface area (TPSA) is 97.3 Å². The summed E-state index contributed by atoms with van der Waals surface area (Å²) in [5.74, 6) is 0.561. The monoisotopic (exact) mass is 493 g/mol. The summed E-state index contributed by atoms with van der Waals surface area (Å²) in [6.45, 7) is 5.41. The Hall–Kier alpha value is -4.11. The van der Waals surface area contributed by atoms with Gasteiger partial charge >= 0.3 is 0 Å². The van der Waals surface area contributed by atoms with Gasteiger partial charge in [-0.3, -0.25) is 9.10 Å². The lowest BCUT2D eigenvalue weighted by molar-refractivity contribution is -0.119. The summed E-state index contributed by atoms with van der Waals surface area (Å²) in [4.78, 5) is 12.7. The molecule has 0 aromatic heterocycles. The Morgan fingerprint density at radius 3 is 2.43 bits per heavy atom. The number of nitrogens with zero attached hydrogens (tertiary/aromatic N) is 2. The summed E-state index contributed by atoms with van der Waals surface area (Å²) in [7, 11) is -2.54. The fraction of sp³-hybridized carbons (Fsp3) is 0.154. The Bertz CT molecular complexity index is 1290. The van der Waals surface area contributed by atoms with Gasteiger partial charge in [0, 0.05) is 0 Å². The third-order valence-corrected chi connectivity index (χ3v) is 6.67. The highest BCUT2D eigenvalue weighted by Gasteiger charge is 2.27. The van der Waals surface area contributed by atoms with Gasteiger partial charge in [-0.05, 0) is 61.0 Å². The van der Waals surface area contributed by atoms with Crippen LogP contribution >= 0.6 is 0 Å². The first-order valence-corrected chi connectivity index (χ1v) is 12.2.